The number of nitrogens with one attached hydrogen (secondary N) is 1. The second-order valence-corrected chi connectivity index (χ2v) is 1.68. The van der Waals surface area contributed by atoms with Crippen molar-refractivity contribution in [3.63, 3.8) is 0 Å². The van der Waals surface area contributed by atoms with Gasteiger partial charge in [-0.15, -0.1) is 0 Å². The van der Waals surface area contributed by atoms with E-state index in [1.165, 1.54) is 0 Å². The molecule has 0 bridgehead atoms. The van der Waals surface area contributed by atoms with Gasteiger partial charge in [0, 0.05) is 0 Å². The van der Waals surface area contributed by atoms with Crippen LogP contribution in [0.4, 0.5) is 0 Å². The van der Waals surface area contributed by atoms with Crippen LogP contribution in [0.1, 0.15) is 6.42 Å². The van der Waals surface area contributed by atoms with Crippen molar-refractivity contribution in [2.45, 2.75) is 12.5 Å². The molecule has 0 aromatic carbocycles. The van der Waals surface area contributed by atoms with Crippen LogP contribution in [0, 0.1) is 0 Å². The predicted molar refractivity (Wildman–Crippen MR) is 28.3 cm³/mol. The molecule has 1 rings (SSSR count). The van der Waals surface area contributed by atoms with E-state index >= 15 is 0 Å². The van der Waals surface area contributed by atoms with Crippen LogP contribution >= 0.6 is 0 Å². The standard InChI is InChI=1S/C5H7NO2/c7-5(8)4-2-1-3-6-4/h1,3-4,6H,2H2,(H,7,8)/i/hD. The minimum absolute atomic E-state index is 0.331. The third-order valence-electron chi connectivity index (χ3n) is 1.07. The van der Waals surface area contributed by atoms with Crippen LogP contribution in [0.2, 0.25) is 0 Å². The minimum Gasteiger partial charge on any atom is -0.480 e. The third-order valence-corrected chi connectivity index (χ3v) is 1.07. The zero-order valence-corrected chi connectivity index (χ0v) is 4.26. The van der Waals surface area contributed by atoms with Crippen molar-refractivity contribution >= 4 is 5.97 Å². The summed E-state index contributed by atoms with van der Waals surface area (Å²) in [7, 11) is 0. The van der Waals surface area contributed by atoms with Gasteiger partial charge < -0.3 is 10.4 Å². The van der Waals surface area contributed by atoms with Crippen molar-refractivity contribution < 1.29 is 9.90 Å². The molecular formula is C5H7NO2. The molecule has 1 unspecified atom stereocenters. The number of aliphatic carboxylic acids is 1. The SMILES string of the molecule is [2H]OC(=O)C1CC=CN1. The summed E-state index contributed by atoms with van der Waals surface area (Å²) in [5.74, 6) is -0.528. The zero-order chi connectivity index (χ0) is 6.69. The van der Waals surface area contributed by atoms with Crippen molar-refractivity contribution in [2.24, 2.45) is 0 Å². The number of carbonyl (C=O) groups is 1. The van der Waals surface area contributed by atoms with Gasteiger partial charge in [0.2, 0.25) is 0 Å². The zero-order valence-electron chi connectivity index (χ0n) is 5.26. The number of rotatable bonds is 1. The van der Waals surface area contributed by atoms with Gasteiger partial charge in [0.05, 0.1) is 0 Å². The molecule has 1 atom stereocenters. The molecule has 0 aliphatic carbocycles. The molecule has 0 fully saturated rings. The lowest BCUT2D eigenvalue weighted by molar-refractivity contribution is -0.138. The molecule has 1 heterocycles. The summed E-state index contributed by atoms with van der Waals surface area (Å²) in [5, 5.41) is 6.47. The minimum atomic E-state index is -0.528. The maximum atomic E-state index is 10.5. The largest absolute Gasteiger partial charge is 0.480 e. The monoisotopic (exact) mass is 114 g/mol. The summed E-state index contributed by atoms with van der Waals surface area (Å²) in [5.41, 5.74) is 0. The molecule has 3 nitrogen and oxygen atoms in total. The molecule has 3 heteroatoms. The van der Waals surface area contributed by atoms with Crippen LogP contribution in [0.25, 0.3) is 1.43 Å². The summed E-state index contributed by atoms with van der Waals surface area (Å²) in [6.07, 6.45) is 4.13. The van der Waals surface area contributed by atoms with Gasteiger partial charge in [-0.25, -0.2) is 4.79 Å². The molecule has 0 saturated heterocycles. The quantitative estimate of drug-likeness (QED) is 0.502. The molecule has 0 aromatic heterocycles. The van der Waals surface area contributed by atoms with E-state index in [2.05, 4.69) is 10.4 Å². The molecule has 1 aliphatic rings. The Kier molecular flexibility index (Phi) is 0.917. The summed E-state index contributed by atoms with van der Waals surface area (Å²) in [6.45, 7) is 0. The normalized spacial score (nSPS) is 26.5. The van der Waals surface area contributed by atoms with E-state index in [0.717, 1.165) is 0 Å². The Morgan fingerprint density at radius 2 is 3.00 bits per heavy atom. The van der Waals surface area contributed by atoms with Crippen LogP contribution < -0.4 is 5.32 Å². The van der Waals surface area contributed by atoms with E-state index in [4.69, 9.17) is 1.43 Å². The van der Waals surface area contributed by atoms with Gasteiger partial charge in [-0.3, -0.25) is 0 Å². The van der Waals surface area contributed by atoms with Crippen LogP contribution in [-0.4, -0.2) is 17.1 Å². The van der Waals surface area contributed by atoms with Gasteiger partial charge in [-0.2, -0.15) is 0 Å². The Hall–Kier alpha value is -0.990. The smallest absolute Gasteiger partial charge is 0.326 e. The topological polar surface area (TPSA) is 49.3 Å². The van der Waals surface area contributed by atoms with Gasteiger partial charge in [0.15, 0.2) is 0 Å². The fourth-order valence-corrected chi connectivity index (χ4v) is 0.621. The molecule has 0 saturated carbocycles. The van der Waals surface area contributed by atoms with Gasteiger partial charge in [-0.05, 0) is 12.6 Å². The first-order chi connectivity index (χ1) is 4.34. The van der Waals surface area contributed by atoms with Crippen molar-refractivity contribution in [1.29, 1.82) is 1.43 Å². The first-order valence-electron chi connectivity index (χ1n) is 2.83. The molecule has 0 aromatic rings. The molecule has 8 heavy (non-hydrogen) atoms. The van der Waals surface area contributed by atoms with Gasteiger partial charge >= 0.3 is 5.97 Å². The molecule has 0 spiro atoms. The molecule has 0 amide bonds. The molecule has 44 valence electrons. The van der Waals surface area contributed by atoms with Crippen molar-refractivity contribution in [3.8, 4) is 0 Å². The number of hydrogen-bond acceptors (Lipinski definition) is 3. The Labute approximate surface area is 48.5 Å². The second kappa shape index (κ2) is 1.86. The van der Waals surface area contributed by atoms with E-state index in [9.17, 15) is 4.79 Å². The summed E-state index contributed by atoms with van der Waals surface area (Å²) < 4.78 is 6.26. The van der Waals surface area contributed by atoms with Gasteiger partial charge in [0.1, 0.15) is 6.04 Å². The average Bonchev–Trinajstić information content (AvgIpc) is 2.37. The summed E-state index contributed by atoms with van der Waals surface area (Å²) in [4.78, 5) is 10.5. The molecule has 1 aliphatic heterocycles. The van der Waals surface area contributed by atoms with Crippen molar-refractivity contribution in [2.75, 3.05) is 0 Å². The highest BCUT2D eigenvalue weighted by Crippen LogP contribution is 1.99. The number of carboxylic acids is 1. The number of hydrogen-bond donors (Lipinski definition) is 2. The Morgan fingerprint density at radius 3 is 3.50 bits per heavy atom. The highest BCUT2D eigenvalue weighted by molar-refractivity contribution is 5.74. The maximum Gasteiger partial charge on any atom is 0.326 e. The van der Waals surface area contributed by atoms with E-state index in [1.807, 2.05) is 6.08 Å². The van der Waals surface area contributed by atoms with Crippen LogP contribution in [0.15, 0.2) is 12.3 Å². The predicted octanol–water partition coefficient (Wildman–Crippen LogP) is -0.0534. The van der Waals surface area contributed by atoms with Crippen LogP contribution in [-0.2, 0) is 4.79 Å². The van der Waals surface area contributed by atoms with Crippen LogP contribution in [0.5, 0.6) is 0 Å². The summed E-state index contributed by atoms with van der Waals surface area (Å²) >= 11 is 0. The van der Waals surface area contributed by atoms with E-state index in [0.29, 0.717) is 6.42 Å². The molecular weight excluding hydrogens is 106 g/mol. The highest BCUT2D eigenvalue weighted by atomic mass is 16.4. The third kappa shape index (κ3) is 0.804. The first kappa shape index (κ1) is 3.95. The lowest BCUT2D eigenvalue weighted by Gasteiger charge is -2.01. The second-order valence-electron chi connectivity index (χ2n) is 1.68. The molecule has 0 radical (unpaired) electrons. The van der Waals surface area contributed by atoms with Gasteiger partial charge in [-0.1, -0.05) is 6.08 Å². The van der Waals surface area contributed by atoms with Crippen LogP contribution in [0.3, 0.4) is 0 Å². The lowest BCUT2D eigenvalue weighted by atomic mass is 10.2. The first-order valence-corrected chi connectivity index (χ1v) is 2.42. The van der Waals surface area contributed by atoms with E-state index in [-0.39, 0.29) is 6.04 Å². The van der Waals surface area contributed by atoms with Gasteiger partial charge in [0.25, 0.3) is 1.43 Å². The maximum absolute atomic E-state index is 10.5. The average molecular weight is 114 g/mol. The number of carboxylic acid groups (broad SMARTS) is 1. The fraction of sp³-hybridized carbons (Fsp3) is 0.400. The summed E-state index contributed by atoms with van der Waals surface area (Å²) in [6, 6.07) is -0.331. The van der Waals surface area contributed by atoms with E-state index < -0.39 is 5.97 Å². The molecule has 2 N–H and O–H groups in total. The Balaban J connectivity index is 2.36. The Morgan fingerprint density at radius 1 is 2.12 bits per heavy atom. The fourth-order valence-electron chi connectivity index (χ4n) is 0.621. The highest BCUT2D eigenvalue weighted by Gasteiger charge is 2.15. The Bertz CT molecular complexity index is 138. The lowest BCUT2D eigenvalue weighted by Crippen LogP contribution is -2.28. The van der Waals surface area contributed by atoms with E-state index in [1.54, 1.807) is 6.20 Å². The van der Waals surface area contributed by atoms with Crippen molar-refractivity contribution in [3.05, 3.63) is 12.3 Å². The van der Waals surface area contributed by atoms with Crippen molar-refractivity contribution in [1.82, 2.24) is 5.32 Å².